The molecular weight excluding hydrogens is 306 g/mol. The molecule has 2 aliphatic rings. The number of hydrogen-bond donors (Lipinski definition) is 0. The van der Waals surface area contributed by atoms with Crippen molar-refractivity contribution in [3.05, 3.63) is 30.1 Å². The van der Waals surface area contributed by atoms with Crippen LogP contribution in [0.1, 0.15) is 30.4 Å². The van der Waals surface area contributed by atoms with Gasteiger partial charge in [-0.1, -0.05) is 0 Å². The van der Waals surface area contributed by atoms with E-state index in [1.54, 1.807) is 29.1 Å². The molecule has 0 aromatic carbocycles. The zero-order chi connectivity index (χ0) is 16.6. The Balaban J connectivity index is 2.02. The lowest BCUT2D eigenvalue weighted by molar-refractivity contribution is -0.765. The first-order valence-corrected chi connectivity index (χ1v) is 7.13. The molecule has 0 N–H and O–H groups in total. The van der Waals surface area contributed by atoms with Gasteiger partial charge in [0.15, 0.2) is 18.5 Å². The van der Waals surface area contributed by atoms with Gasteiger partial charge in [-0.15, -0.1) is 0 Å². The number of ether oxygens (including phenoxy) is 4. The number of fused-ring (bicyclic) bond motifs is 5. The smallest absolute Gasteiger partial charge is 0.344 e. The Morgan fingerprint density at radius 3 is 2.61 bits per heavy atom. The molecule has 8 heteroatoms. The molecule has 122 valence electrons. The molecule has 1 aromatic rings. The van der Waals surface area contributed by atoms with Crippen molar-refractivity contribution in [1.82, 2.24) is 0 Å². The van der Waals surface area contributed by atoms with Gasteiger partial charge in [-0.3, -0.25) is 9.59 Å². The number of pyridine rings is 1. The van der Waals surface area contributed by atoms with Crippen LogP contribution >= 0.6 is 0 Å². The van der Waals surface area contributed by atoms with Crippen molar-refractivity contribution >= 4 is 17.9 Å². The van der Waals surface area contributed by atoms with E-state index >= 15 is 0 Å². The molecule has 0 amide bonds. The summed E-state index contributed by atoms with van der Waals surface area (Å²) in [6.07, 6.45) is 0.0851. The molecule has 1 aromatic heterocycles. The van der Waals surface area contributed by atoms with Crippen LogP contribution in [0.3, 0.4) is 0 Å². The highest BCUT2D eigenvalue weighted by molar-refractivity contribution is 5.88. The van der Waals surface area contributed by atoms with Crippen LogP contribution in [0.5, 0.6) is 0 Å². The summed E-state index contributed by atoms with van der Waals surface area (Å²) in [5.41, 5.74) is 0.356. The molecule has 4 bridgehead atoms. The fourth-order valence-electron chi connectivity index (χ4n) is 2.75. The molecule has 2 aliphatic heterocycles. The van der Waals surface area contributed by atoms with E-state index in [9.17, 15) is 14.4 Å². The first-order valence-electron chi connectivity index (χ1n) is 7.13. The first-order chi connectivity index (χ1) is 11.0. The number of cyclic esters (lactones) is 1. The molecule has 0 aliphatic carbocycles. The zero-order valence-corrected chi connectivity index (χ0v) is 12.6. The van der Waals surface area contributed by atoms with E-state index in [2.05, 4.69) is 0 Å². The van der Waals surface area contributed by atoms with E-state index in [1.807, 2.05) is 0 Å². The standard InChI is InChI=1S/C15H16NO7/c1-8(17)21-12-11-7-20-15(19)10-4-3-5-16(6-10)14(23-11)13(12)22-9(2)18/h3-6,11-14H,7H2,1-2H3/q+1/t11?,12-,13-,14?/m1/s1. The quantitative estimate of drug-likeness (QED) is 0.427. The third-order valence-corrected chi connectivity index (χ3v) is 3.62. The van der Waals surface area contributed by atoms with Crippen LogP contribution in [0.2, 0.25) is 0 Å². The minimum atomic E-state index is -0.858. The van der Waals surface area contributed by atoms with Crippen molar-refractivity contribution in [1.29, 1.82) is 0 Å². The average Bonchev–Trinajstić information content (AvgIpc) is 2.82. The predicted molar refractivity (Wildman–Crippen MR) is 71.9 cm³/mol. The number of hydrogen-bond acceptors (Lipinski definition) is 7. The van der Waals surface area contributed by atoms with Crippen LogP contribution in [0.4, 0.5) is 0 Å². The van der Waals surface area contributed by atoms with Crippen LogP contribution in [0.25, 0.3) is 0 Å². The van der Waals surface area contributed by atoms with Gasteiger partial charge in [0.1, 0.15) is 18.3 Å². The molecule has 0 saturated carbocycles. The monoisotopic (exact) mass is 322 g/mol. The predicted octanol–water partition coefficient (Wildman–Crippen LogP) is -0.0947. The molecule has 0 radical (unpaired) electrons. The van der Waals surface area contributed by atoms with Crippen LogP contribution in [-0.4, -0.2) is 42.8 Å². The Hall–Kier alpha value is -2.48. The zero-order valence-electron chi connectivity index (χ0n) is 12.6. The molecule has 3 heterocycles. The molecule has 4 atom stereocenters. The van der Waals surface area contributed by atoms with Crippen LogP contribution in [0.15, 0.2) is 24.5 Å². The lowest BCUT2D eigenvalue weighted by Gasteiger charge is -2.22. The van der Waals surface area contributed by atoms with Crippen molar-refractivity contribution in [2.24, 2.45) is 0 Å². The summed E-state index contributed by atoms with van der Waals surface area (Å²) < 4.78 is 23.2. The topological polar surface area (TPSA) is 92.0 Å². The third-order valence-electron chi connectivity index (χ3n) is 3.62. The molecule has 1 saturated heterocycles. The third kappa shape index (κ3) is 3.02. The van der Waals surface area contributed by atoms with E-state index < -0.39 is 42.4 Å². The lowest BCUT2D eigenvalue weighted by atomic mass is 10.1. The second-order valence-electron chi connectivity index (χ2n) is 5.35. The van der Waals surface area contributed by atoms with Gasteiger partial charge in [-0.2, -0.15) is 4.57 Å². The first kappa shape index (κ1) is 15.4. The average molecular weight is 322 g/mol. The maximum absolute atomic E-state index is 12.0. The summed E-state index contributed by atoms with van der Waals surface area (Å²) in [6, 6.07) is 3.27. The van der Waals surface area contributed by atoms with Crippen LogP contribution in [0, 0.1) is 0 Å². The van der Waals surface area contributed by atoms with Gasteiger partial charge < -0.3 is 18.9 Å². The van der Waals surface area contributed by atoms with E-state index in [-0.39, 0.29) is 6.61 Å². The Kier molecular flexibility index (Phi) is 3.99. The van der Waals surface area contributed by atoms with E-state index in [0.29, 0.717) is 5.56 Å². The van der Waals surface area contributed by atoms with Crippen molar-refractivity contribution in [2.45, 2.75) is 38.4 Å². The van der Waals surface area contributed by atoms with Gasteiger partial charge in [0.25, 0.3) is 0 Å². The highest BCUT2D eigenvalue weighted by Gasteiger charge is 2.55. The summed E-state index contributed by atoms with van der Waals surface area (Å²) in [7, 11) is 0. The minimum absolute atomic E-state index is 0.107. The minimum Gasteiger partial charge on any atom is -0.459 e. The second-order valence-corrected chi connectivity index (χ2v) is 5.35. The summed E-state index contributed by atoms with van der Waals surface area (Å²) in [5, 5.41) is 0. The number of nitrogens with zero attached hydrogens (tertiary/aromatic N) is 1. The van der Waals surface area contributed by atoms with Crippen molar-refractivity contribution in [3.8, 4) is 0 Å². The van der Waals surface area contributed by atoms with Gasteiger partial charge in [0, 0.05) is 19.9 Å². The highest BCUT2D eigenvalue weighted by Crippen LogP contribution is 2.32. The van der Waals surface area contributed by atoms with E-state index in [1.165, 1.54) is 13.8 Å². The summed E-state index contributed by atoms with van der Waals surface area (Å²) >= 11 is 0. The molecule has 23 heavy (non-hydrogen) atoms. The Morgan fingerprint density at radius 2 is 1.91 bits per heavy atom. The SMILES string of the molecule is CC(=O)O[C@@H]1C2COC(=O)c3ccc[n+](c3)C(O2)[C@@H]1OC(C)=O. The number of rotatable bonds is 2. The van der Waals surface area contributed by atoms with Crippen molar-refractivity contribution in [2.75, 3.05) is 6.61 Å². The summed E-state index contributed by atoms with van der Waals surface area (Å²) in [5.74, 6) is -1.56. The fourth-order valence-corrected chi connectivity index (χ4v) is 2.75. The highest BCUT2D eigenvalue weighted by atomic mass is 16.7. The molecular formula is C15H16NO7+. The van der Waals surface area contributed by atoms with E-state index in [4.69, 9.17) is 18.9 Å². The number of aromatic nitrogens is 1. The number of esters is 3. The molecule has 8 nitrogen and oxygen atoms in total. The van der Waals surface area contributed by atoms with Crippen molar-refractivity contribution in [3.63, 3.8) is 0 Å². The maximum Gasteiger partial charge on any atom is 0.344 e. The number of carbonyl (C=O) groups excluding carboxylic acids is 3. The van der Waals surface area contributed by atoms with Gasteiger partial charge in [0.2, 0.25) is 6.10 Å². The van der Waals surface area contributed by atoms with Gasteiger partial charge in [-0.05, 0) is 6.07 Å². The maximum atomic E-state index is 12.0. The molecule has 2 unspecified atom stereocenters. The van der Waals surface area contributed by atoms with Gasteiger partial charge in [0.05, 0.1) is 0 Å². The summed E-state index contributed by atoms with van der Waals surface area (Å²) in [4.78, 5) is 34.8. The normalized spacial score (nSPS) is 28.9. The van der Waals surface area contributed by atoms with Gasteiger partial charge >= 0.3 is 24.1 Å². The fraction of sp³-hybridized carbons (Fsp3) is 0.467. The van der Waals surface area contributed by atoms with Crippen molar-refractivity contribution < 1.29 is 37.9 Å². The number of carbonyl (C=O) groups is 3. The Bertz CT molecular complexity index is 659. The summed E-state index contributed by atoms with van der Waals surface area (Å²) in [6.45, 7) is 2.41. The van der Waals surface area contributed by atoms with E-state index in [0.717, 1.165) is 0 Å². The molecule has 3 rings (SSSR count). The second kappa shape index (κ2) is 5.96. The Morgan fingerprint density at radius 1 is 1.22 bits per heavy atom. The lowest BCUT2D eigenvalue weighted by Crippen LogP contribution is -2.49. The van der Waals surface area contributed by atoms with Crippen LogP contribution in [-0.2, 0) is 28.5 Å². The molecule has 1 fully saturated rings. The Labute approximate surface area is 131 Å². The molecule has 0 spiro atoms. The largest absolute Gasteiger partial charge is 0.459 e. The van der Waals surface area contributed by atoms with Crippen LogP contribution < -0.4 is 4.57 Å². The van der Waals surface area contributed by atoms with Gasteiger partial charge in [-0.25, -0.2) is 4.79 Å².